The van der Waals surface area contributed by atoms with Crippen LogP contribution < -0.4 is 0 Å². The molecule has 0 amide bonds. The first kappa shape index (κ1) is 8.95. The van der Waals surface area contributed by atoms with Crippen LogP contribution in [0.25, 0.3) is 0 Å². The van der Waals surface area contributed by atoms with Crippen molar-refractivity contribution in [3.8, 4) is 0 Å². The molecular formula is C11H11BrO. The van der Waals surface area contributed by atoms with Crippen molar-refractivity contribution in [2.24, 2.45) is 5.92 Å². The first-order chi connectivity index (χ1) is 6.16. The number of Topliss-reactive ketones (excluding diaryl/α,β-unsaturated/α-hetero) is 1. The number of benzene rings is 1. The van der Waals surface area contributed by atoms with E-state index in [2.05, 4.69) is 28.9 Å². The minimum atomic E-state index is 0.293. The predicted octanol–water partition coefficient (Wildman–Crippen LogP) is 3.21. The summed E-state index contributed by atoms with van der Waals surface area (Å²) in [6.45, 7) is 2.13. The fourth-order valence-electron chi connectivity index (χ4n) is 1.88. The lowest BCUT2D eigenvalue weighted by molar-refractivity contribution is 0.0953. The Balaban J connectivity index is 2.49. The molecule has 0 heterocycles. The van der Waals surface area contributed by atoms with Crippen LogP contribution in [0.5, 0.6) is 0 Å². The Bertz CT molecular complexity index is 357. The lowest BCUT2D eigenvalue weighted by Crippen LogP contribution is -2.17. The average molecular weight is 239 g/mol. The van der Waals surface area contributed by atoms with Gasteiger partial charge in [-0.2, -0.15) is 0 Å². The fraction of sp³-hybridized carbons (Fsp3) is 0.364. The maximum atomic E-state index is 11.6. The summed E-state index contributed by atoms with van der Waals surface area (Å²) in [6.07, 6.45) is 1.73. The Morgan fingerprint density at radius 3 is 2.92 bits per heavy atom. The zero-order chi connectivity index (χ0) is 9.42. The van der Waals surface area contributed by atoms with Crippen molar-refractivity contribution in [3.63, 3.8) is 0 Å². The van der Waals surface area contributed by atoms with Gasteiger partial charge >= 0.3 is 0 Å². The zero-order valence-corrected chi connectivity index (χ0v) is 9.10. The lowest BCUT2D eigenvalue weighted by atomic mass is 9.84. The van der Waals surface area contributed by atoms with E-state index < -0.39 is 0 Å². The molecule has 1 aromatic carbocycles. The van der Waals surface area contributed by atoms with E-state index in [4.69, 9.17) is 0 Å². The molecule has 1 aliphatic rings. The third kappa shape index (κ3) is 1.68. The second kappa shape index (κ2) is 3.26. The molecule has 0 fully saturated rings. The van der Waals surface area contributed by atoms with E-state index in [0.717, 1.165) is 16.5 Å². The molecule has 0 N–H and O–H groups in total. The highest BCUT2D eigenvalue weighted by Gasteiger charge is 2.21. The first-order valence-corrected chi connectivity index (χ1v) is 5.28. The molecule has 0 radical (unpaired) electrons. The van der Waals surface area contributed by atoms with E-state index in [-0.39, 0.29) is 0 Å². The number of halogens is 1. The molecule has 0 saturated heterocycles. The van der Waals surface area contributed by atoms with Gasteiger partial charge in [-0.15, -0.1) is 0 Å². The topological polar surface area (TPSA) is 17.1 Å². The minimum Gasteiger partial charge on any atom is -0.294 e. The number of fused-ring (bicyclic) bond motifs is 1. The Morgan fingerprint density at radius 1 is 1.38 bits per heavy atom. The van der Waals surface area contributed by atoms with Crippen molar-refractivity contribution in [2.75, 3.05) is 0 Å². The summed E-state index contributed by atoms with van der Waals surface area (Å²) >= 11 is 3.42. The monoisotopic (exact) mass is 238 g/mol. The Hall–Kier alpha value is -0.630. The van der Waals surface area contributed by atoms with Crippen LogP contribution in [-0.2, 0) is 6.42 Å². The molecule has 1 atom stereocenters. The number of hydrogen-bond donors (Lipinski definition) is 0. The van der Waals surface area contributed by atoms with Crippen LogP contribution in [0.2, 0.25) is 0 Å². The van der Waals surface area contributed by atoms with E-state index in [1.807, 2.05) is 12.1 Å². The molecule has 1 nitrogen and oxygen atoms in total. The summed E-state index contributed by atoms with van der Waals surface area (Å²) in [5, 5.41) is 0. The lowest BCUT2D eigenvalue weighted by Gasteiger charge is -2.20. The Kier molecular flexibility index (Phi) is 2.24. The van der Waals surface area contributed by atoms with Crippen LogP contribution >= 0.6 is 15.9 Å². The van der Waals surface area contributed by atoms with Gasteiger partial charge in [-0.3, -0.25) is 4.79 Å². The van der Waals surface area contributed by atoms with Gasteiger partial charge in [0.25, 0.3) is 0 Å². The maximum Gasteiger partial charge on any atom is 0.163 e. The van der Waals surface area contributed by atoms with Gasteiger partial charge in [0.15, 0.2) is 5.78 Å². The summed E-state index contributed by atoms with van der Waals surface area (Å²) in [4.78, 5) is 11.6. The molecule has 2 rings (SSSR count). The van der Waals surface area contributed by atoms with Crippen LogP contribution in [0.1, 0.15) is 29.3 Å². The number of carbonyl (C=O) groups excluding carboxylic acids is 1. The highest BCUT2D eigenvalue weighted by molar-refractivity contribution is 9.10. The molecule has 68 valence electrons. The van der Waals surface area contributed by atoms with Crippen molar-refractivity contribution in [1.29, 1.82) is 0 Å². The van der Waals surface area contributed by atoms with Gasteiger partial charge in [0.1, 0.15) is 0 Å². The quantitative estimate of drug-likeness (QED) is 0.679. The number of ketones is 1. The van der Waals surface area contributed by atoms with Gasteiger partial charge < -0.3 is 0 Å². The number of hydrogen-bond acceptors (Lipinski definition) is 1. The molecule has 0 bridgehead atoms. The van der Waals surface area contributed by atoms with Gasteiger partial charge in [-0.25, -0.2) is 0 Å². The molecule has 1 aliphatic carbocycles. The SMILES string of the molecule is CC1CC(=O)c2ccc(Br)cc2C1. The Morgan fingerprint density at radius 2 is 2.15 bits per heavy atom. The van der Waals surface area contributed by atoms with Gasteiger partial charge in [-0.05, 0) is 30.0 Å². The van der Waals surface area contributed by atoms with E-state index in [1.165, 1.54) is 5.56 Å². The highest BCUT2D eigenvalue weighted by Crippen LogP contribution is 2.27. The molecule has 0 saturated carbocycles. The third-order valence-electron chi connectivity index (χ3n) is 2.47. The maximum absolute atomic E-state index is 11.6. The molecule has 2 heteroatoms. The fourth-order valence-corrected chi connectivity index (χ4v) is 2.29. The van der Waals surface area contributed by atoms with Crippen LogP contribution in [0.4, 0.5) is 0 Å². The van der Waals surface area contributed by atoms with Crippen molar-refractivity contribution < 1.29 is 4.79 Å². The van der Waals surface area contributed by atoms with Crippen molar-refractivity contribution in [2.45, 2.75) is 19.8 Å². The summed E-state index contributed by atoms with van der Waals surface area (Å²) in [5.74, 6) is 0.788. The smallest absolute Gasteiger partial charge is 0.163 e. The molecular weight excluding hydrogens is 228 g/mol. The van der Waals surface area contributed by atoms with Crippen LogP contribution in [0, 0.1) is 5.92 Å². The van der Waals surface area contributed by atoms with E-state index in [1.54, 1.807) is 0 Å². The van der Waals surface area contributed by atoms with Crippen LogP contribution in [0.15, 0.2) is 22.7 Å². The largest absolute Gasteiger partial charge is 0.294 e. The van der Waals surface area contributed by atoms with E-state index >= 15 is 0 Å². The normalized spacial score (nSPS) is 21.4. The summed E-state index contributed by atoms with van der Waals surface area (Å²) in [6, 6.07) is 5.92. The van der Waals surface area contributed by atoms with Gasteiger partial charge in [0, 0.05) is 16.5 Å². The van der Waals surface area contributed by atoms with Gasteiger partial charge in [-0.1, -0.05) is 28.9 Å². The van der Waals surface area contributed by atoms with Crippen molar-refractivity contribution >= 4 is 21.7 Å². The predicted molar refractivity (Wildman–Crippen MR) is 56.0 cm³/mol. The zero-order valence-electron chi connectivity index (χ0n) is 7.51. The number of carbonyl (C=O) groups is 1. The number of rotatable bonds is 0. The van der Waals surface area contributed by atoms with Gasteiger partial charge in [0.2, 0.25) is 0 Å². The van der Waals surface area contributed by atoms with Gasteiger partial charge in [0.05, 0.1) is 0 Å². The molecule has 0 spiro atoms. The second-order valence-corrected chi connectivity index (χ2v) is 4.65. The van der Waals surface area contributed by atoms with Crippen LogP contribution in [-0.4, -0.2) is 5.78 Å². The van der Waals surface area contributed by atoms with E-state index in [9.17, 15) is 4.79 Å². The summed E-state index contributed by atoms with van der Waals surface area (Å²) in [7, 11) is 0. The second-order valence-electron chi connectivity index (χ2n) is 3.74. The summed E-state index contributed by atoms with van der Waals surface area (Å²) in [5.41, 5.74) is 2.11. The highest BCUT2D eigenvalue weighted by atomic mass is 79.9. The minimum absolute atomic E-state index is 0.293. The Labute approximate surface area is 86.3 Å². The third-order valence-corrected chi connectivity index (χ3v) is 2.96. The van der Waals surface area contributed by atoms with Crippen molar-refractivity contribution in [1.82, 2.24) is 0 Å². The molecule has 1 aromatic rings. The first-order valence-electron chi connectivity index (χ1n) is 4.48. The van der Waals surface area contributed by atoms with E-state index in [0.29, 0.717) is 18.1 Å². The molecule has 13 heavy (non-hydrogen) atoms. The molecule has 1 unspecified atom stereocenters. The van der Waals surface area contributed by atoms with Crippen LogP contribution in [0.3, 0.4) is 0 Å². The van der Waals surface area contributed by atoms with Crippen molar-refractivity contribution in [3.05, 3.63) is 33.8 Å². The standard InChI is InChI=1S/C11H11BrO/c1-7-4-8-6-9(12)2-3-10(8)11(13)5-7/h2-3,6-7H,4-5H2,1H3. The average Bonchev–Trinajstić information content (AvgIpc) is 2.02. The molecule has 0 aliphatic heterocycles. The summed E-state index contributed by atoms with van der Waals surface area (Å²) < 4.78 is 1.06. The molecule has 0 aromatic heterocycles.